The molecule has 0 saturated carbocycles. The standard InChI is InChI=1S/C4H5F3O.C2H4O2/c5-3(1-2-8)4(6)7;1-2(3)4/h1-4,8H;1H3,(H,3,4). The van der Waals surface area contributed by atoms with Crippen molar-refractivity contribution >= 4 is 5.97 Å². The maximum Gasteiger partial charge on any atom is 0.300 e. The van der Waals surface area contributed by atoms with Crippen molar-refractivity contribution in [1.82, 2.24) is 0 Å². The van der Waals surface area contributed by atoms with Gasteiger partial charge in [0, 0.05) is 6.92 Å². The first-order chi connectivity index (χ1) is 5.41. The van der Waals surface area contributed by atoms with Crippen molar-refractivity contribution in [2.45, 2.75) is 19.5 Å². The third-order valence-corrected chi connectivity index (χ3v) is 0.511. The number of carboxylic acids is 1. The highest BCUT2D eigenvalue weighted by molar-refractivity contribution is 5.62. The van der Waals surface area contributed by atoms with Gasteiger partial charge in [-0.05, 0) is 6.08 Å². The molecule has 0 aliphatic heterocycles. The Balaban J connectivity index is 0. The first-order valence-electron chi connectivity index (χ1n) is 2.84. The van der Waals surface area contributed by atoms with E-state index in [-0.39, 0.29) is 6.26 Å². The van der Waals surface area contributed by atoms with Gasteiger partial charge < -0.3 is 10.2 Å². The molecule has 0 bridgehead atoms. The molecule has 1 unspecified atom stereocenters. The molecular weight excluding hydrogens is 177 g/mol. The lowest BCUT2D eigenvalue weighted by Gasteiger charge is -1.96. The quantitative estimate of drug-likeness (QED) is 0.646. The molecule has 0 fully saturated rings. The van der Waals surface area contributed by atoms with Crippen molar-refractivity contribution in [2.75, 3.05) is 0 Å². The van der Waals surface area contributed by atoms with Crippen LogP contribution in [0.1, 0.15) is 6.92 Å². The molecule has 0 radical (unpaired) electrons. The monoisotopic (exact) mass is 186 g/mol. The summed E-state index contributed by atoms with van der Waals surface area (Å²) in [5, 5.41) is 15.1. The van der Waals surface area contributed by atoms with Crippen LogP contribution in [0.15, 0.2) is 12.3 Å². The van der Waals surface area contributed by atoms with Crippen LogP contribution in [0.2, 0.25) is 0 Å². The Bertz CT molecular complexity index is 143. The Kier molecular flexibility index (Phi) is 8.82. The normalized spacial score (nSPS) is 12.4. The summed E-state index contributed by atoms with van der Waals surface area (Å²) in [4.78, 5) is 9.00. The molecule has 0 heterocycles. The van der Waals surface area contributed by atoms with Gasteiger partial charge in [0.25, 0.3) is 12.4 Å². The van der Waals surface area contributed by atoms with E-state index in [0.29, 0.717) is 6.08 Å². The van der Waals surface area contributed by atoms with Crippen molar-refractivity contribution in [1.29, 1.82) is 0 Å². The van der Waals surface area contributed by atoms with Crippen LogP contribution in [-0.2, 0) is 4.79 Å². The second-order valence-electron chi connectivity index (χ2n) is 1.64. The molecule has 0 aliphatic rings. The number of carbonyl (C=O) groups is 1. The number of rotatable bonds is 2. The van der Waals surface area contributed by atoms with E-state index in [1.165, 1.54) is 0 Å². The topological polar surface area (TPSA) is 57.5 Å². The molecule has 0 amide bonds. The van der Waals surface area contributed by atoms with Gasteiger partial charge in [-0.15, -0.1) is 0 Å². The Hall–Kier alpha value is -1.20. The van der Waals surface area contributed by atoms with Crippen molar-refractivity contribution in [2.24, 2.45) is 0 Å². The van der Waals surface area contributed by atoms with Crippen LogP contribution in [0, 0.1) is 0 Å². The molecule has 0 spiro atoms. The Morgan fingerprint density at radius 1 is 1.42 bits per heavy atom. The molecule has 1 atom stereocenters. The summed E-state index contributed by atoms with van der Waals surface area (Å²) in [6, 6.07) is 0. The van der Waals surface area contributed by atoms with Gasteiger partial charge >= 0.3 is 0 Å². The Morgan fingerprint density at radius 2 is 1.75 bits per heavy atom. The smallest absolute Gasteiger partial charge is 0.300 e. The summed E-state index contributed by atoms with van der Waals surface area (Å²) in [5.74, 6) is -0.833. The maximum atomic E-state index is 11.5. The van der Waals surface area contributed by atoms with Gasteiger partial charge in [-0.1, -0.05) is 0 Å². The molecule has 0 aromatic rings. The van der Waals surface area contributed by atoms with Crippen LogP contribution in [0.4, 0.5) is 13.2 Å². The molecule has 2 N–H and O–H groups in total. The number of carboxylic acid groups (broad SMARTS) is 1. The molecule has 0 saturated heterocycles. The van der Waals surface area contributed by atoms with Gasteiger partial charge in [0.05, 0.1) is 6.26 Å². The number of halogens is 3. The van der Waals surface area contributed by atoms with E-state index in [2.05, 4.69) is 0 Å². The number of aliphatic hydroxyl groups excluding tert-OH is 1. The number of hydrogen-bond acceptors (Lipinski definition) is 2. The van der Waals surface area contributed by atoms with E-state index in [0.717, 1.165) is 6.92 Å². The van der Waals surface area contributed by atoms with E-state index < -0.39 is 18.6 Å². The van der Waals surface area contributed by atoms with Crippen LogP contribution < -0.4 is 0 Å². The van der Waals surface area contributed by atoms with E-state index >= 15 is 0 Å². The highest BCUT2D eigenvalue weighted by atomic mass is 19.3. The summed E-state index contributed by atoms with van der Waals surface area (Å²) >= 11 is 0. The van der Waals surface area contributed by atoms with E-state index in [9.17, 15) is 13.2 Å². The van der Waals surface area contributed by atoms with E-state index in [1.807, 2.05) is 0 Å². The predicted molar refractivity (Wildman–Crippen MR) is 36.0 cm³/mol. The molecule has 72 valence electrons. The fraction of sp³-hybridized carbons (Fsp3) is 0.500. The second-order valence-corrected chi connectivity index (χ2v) is 1.64. The van der Waals surface area contributed by atoms with Crippen molar-refractivity contribution in [3.63, 3.8) is 0 Å². The predicted octanol–water partition coefficient (Wildman–Crippen LogP) is 1.75. The van der Waals surface area contributed by atoms with Gasteiger partial charge in [-0.2, -0.15) is 0 Å². The van der Waals surface area contributed by atoms with Gasteiger partial charge in [-0.3, -0.25) is 4.79 Å². The van der Waals surface area contributed by atoms with Gasteiger partial charge in [0.2, 0.25) is 0 Å². The average Bonchev–Trinajstić information content (AvgIpc) is 1.86. The number of hydrogen-bond donors (Lipinski definition) is 2. The lowest BCUT2D eigenvalue weighted by Crippen LogP contribution is -2.07. The molecule has 12 heavy (non-hydrogen) atoms. The van der Waals surface area contributed by atoms with Crippen molar-refractivity contribution in [3.8, 4) is 0 Å². The van der Waals surface area contributed by atoms with Crippen LogP contribution in [0.3, 0.4) is 0 Å². The minimum atomic E-state index is -3.04. The SMILES string of the molecule is CC(=O)O.OC=CC(F)C(F)F. The fourth-order valence-corrected chi connectivity index (χ4v) is 0.166. The molecule has 0 aromatic carbocycles. The zero-order chi connectivity index (χ0) is 10.1. The molecule has 0 aliphatic carbocycles. The zero-order valence-corrected chi connectivity index (χ0v) is 6.25. The van der Waals surface area contributed by atoms with Gasteiger partial charge in [-0.25, -0.2) is 13.2 Å². The zero-order valence-electron chi connectivity index (χ0n) is 6.25. The lowest BCUT2D eigenvalue weighted by molar-refractivity contribution is -0.134. The van der Waals surface area contributed by atoms with E-state index in [4.69, 9.17) is 15.0 Å². The van der Waals surface area contributed by atoms with Gasteiger partial charge in [0.15, 0.2) is 6.17 Å². The minimum Gasteiger partial charge on any atom is -0.516 e. The lowest BCUT2D eigenvalue weighted by atomic mass is 10.4. The minimum absolute atomic E-state index is 0.261. The van der Waals surface area contributed by atoms with Crippen LogP contribution in [0.5, 0.6) is 0 Å². The third-order valence-electron chi connectivity index (χ3n) is 0.511. The fourth-order valence-electron chi connectivity index (χ4n) is 0.166. The summed E-state index contributed by atoms with van der Waals surface area (Å²) in [7, 11) is 0. The van der Waals surface area contributed by atoms with Crippen molar-refractivity contribution in [3.05, 3.63) is 12.3 Å². The highest BCUT2D eigenvalue weighted by Crippen LogP contribution is 2.05. The molecule has 3 nitrogen and oxygen atoms in total. The highest BCUT2D eigenvalue weighted by Gasteiger charge is 2.14. The molecular formula is C6H9F3O3. The summed E-state index contributed by atoms with van der Waals surface area (Å²) in [6.45, 7) is 1.08. The van der Waals surface area contributed by atoms with Crippen molar-refractivity contribution < 1.29 is 28.2 Å². The third kappa shape index (κ3) is 15.9. The molecule has 6 heteroatoms. The summed E-state index contributed by atoms with van der Waals surface area (Å²) in [5.41, 5.74) is 0. The Labute approximate surface area is 67.1 Å². The Morgan fingerprint density at radius 3 is 1.83 bits per heavy atom. The first-order valence-corrected chi connectivity index (χ1v) is 2.84. The number of aliphatic carboxylic acids is 1. The van der Waals surface area contributed by atoms with Gasteiger partial charge in [0.1, 0.15) is 0 Å². The maximum absolute atomic E-state index is 11.5. The van der Waals surface area contributed by atoms with Crippen LogP contribution >= 0.6 is 0 Å². The summed E-state index contributed by atoms with van der Waals surface area (Å²) in [6.07, 6.45) is -4.75. The van der Waals surface area contributed by atoms with Crippen LogP contribution in [-0.4, -0.2) is 28.8 Å². The molecule has 0 rings (SSSR count). The first kappa shape index (κ1) is 13.4. The average molecular weight is 186 g/mol. The van der Waals surface area contributed by atoms with Crippen LogP contribution in [0.25, 0.3) is 0 Å². The number of allylic oxidation sites excluding steroid dienone is 1. The molecule has 0 aromatic heterocycles. The number of aliphatic hydroxyl groups is 1. The second kappa shape index (κ2) is 7.90. The summed E-state index contributed by atoms with van der Waals surface area (Å²) < 4.78 is 33.7. The number of alkyl halides is 3. The van der Waals surface area contributed by atoms with E-state index in [1.54, 1.807) is 0 Å². The largest absolute Gasteiger partial charge is 0.516 e.